The fourth-order valence-corrected chi connectivity index (χ4v) is 4.72. The standard InChI is InChI=1S/C25H34NO8P/c1-24(2,3)33-35(30,34-25(4,5)6)32-20-14-12-18(13-15-20)16-21(22(27)28)26-23(29)31-17-19-10-8-7-9-11-19/h7-15,21H,16-17H2,1-6H3,(H,26,29)(H,27,28)/t21-/m0/s1. The predicted molar refractivity (Wildman–Crippen MR) is 131 cm³/mol. The SMILES string of the molecule is CC(C)(C)OP(=O)(Oc1ccc(C[C@H](NC(=O)OCc2ccccc2)C(=O)O)cc1)OC(C)(C)C. The van der Waals surface area contributed by atoms with Crippen molar-refractivity contribution in [3.63, 3.8) is 0 Å². The zero-order valence-corrected chi connectivity index (χ0v) is 21.8. The molecule has 0 aromatic heterocycles. The second kappa shape index (κ2) is 11.7. The number of ether oxygens (including phenoxy) is 1. The lowest BCUT2D eigenvalue weighted by atomic mass is 10.1. The maximum absolute atomic E-state index is 13.2. The van der Waals surface area contributed by atoms with Gasteiger partial charge in [-0.15, -0.1) is 0 Å². The van der Waals surface area contributed by atoms with Gasteiger partial charge in [-0.3, -0.25) is 9.05 Å². The first-order chi connectivity index (χ1) is 16.1. The van der Waals surface area contributed by atoms with E-state index >= 15 is 0 Å². The van der Waals surface area contributed by atoms with E-state index in [1.54, 1.807) is 65.8 Å². The lowest BCUT2D eigenvalue weighted by molar-refractivity contribution is -0.139. The molecule has 0 saturated carbocycles. The molecule has 0 heterocycles. The molecule has 2 aromatic rings. The first kappa shape index (κ1) is 28.4. The average Bonchev–Trinajstić information content (AvgIpc) is 2.70. The molecule has 2 rings (SSSR count). The summed E-state index contributed by atoms with van der Waals surface area (Å²) in [5, 5.41) is 11.9. The quantitative estimate of drug-likeness (QED) is 0.392. The Morgan fingerprint density at radius 2 is 1.43 bits per heavy atom. The second-order valence-corrected chi connectivity index (χ2v) is 11.3. The topological polar surface area (TPSA) is 120 Å². The van der Waals surface area contributed by atoms with Crippen molar-refractivity contribution in [1.29, 1.82) is 0 Å². The van der Waals surface area contributed by atoms with Crippen molar-refractivity contribution < 1.29 is 37.6 Å². The highest BCUT2D eigenvalue weighted by Crippen LogP contribution is 2.55. The zero-order valence-electron chi connectivity index (χ0n) is 20.9. The number of rotatable bonds is 10. The van der Waals surface area contributed by atoms with Crippen LogP contribution in [-0.4, -0.2) is 34.4 Å². The van der Waals surface area contributed by atoms with Gasteiger partial charge in [0.2, 0.25) is 0 Å². The molecule has 1 amide bonds. The van der Waals surface area contributed by atoms with Gasteiger partial charge in [-0.1, -0.05) is 42.5 Å². The highest BCUT2D eigenvalue weighted by molar-refractivity contribution is 7.49. The summed E-state index contributed by atoms with van der Waals surface area (Å²) in [5.74, 6) is -0.976. The smallest absolute Gasteiger partial charge is 0.480 e. The van der Waals surface area contributed by atoms with Crippen LogP contribution < -0.4 is 9.84 Å². The lowest BCUT2D eigenvalue weighted by Crippen LogP contribution is -2.42. The van der Waals surface area contributed by atoms with Crippen LogP contribution in [0.4, 0.5) is 4.79 Å². The number of phosphoric ester groups is 1. The molecule has 0 aliphatic rings. The maximum Gasteiger partial charge on any atom is 0.531 e. The van der Waals surface area contributed by atoms with Crippen molar-refractivity contribution in [2.75, 3.05) is 0 Å². The molecule has 2 aromatic carbocycles. The van der Waals surface area contributed by atoms with Gasteiger partial charge in [0, 0.05) is 6.42 Å². The van der Waals surface area contributed by atoms with Gasteiger partial charge in [0.15, 0.2) is 0 Å². The summed E-state index contributed by atoms with van der Waals surface area (Å²) in [7, 11) is -3.96. The fraction of sp³-hybridized carbons (Fsp3) is 0.440. The first-order valence-electron chi connectivity index (χ1n) is 11.1. The van der Waals surface area contributed by atoms with E-state index in [4.69, 9.17) is 18.3 Å². The highest BCUT2D eigenvalue weighted by atomic mass is 31.2. The number of phosphoric acid groups is 1. The minimum atomic E-state index is -3.96. The van der Waals surface area contributed by atoms with Crippen molar-refractivity contribution in [3.8, 4) is 5.75 Å². The Kier molecular flexibility index (Phi) is 9.49. The van der Waals surface area contributed by atoms with Crippen molar-refractivity contribution in [2.45, 2.75) is 71.8 Å². The van der Waals surface area contributed by atoms with E-state index in [1.165, 1.54) is 12.1 Å². The number of carbonyl (C=O) groups excluding carboxylic acids is 1. The van der Waals surface area contributed by atoms with Gasteiger partial charge in [0.05, 0.1) is 11.2 Å². The molecule has 0 unspecified atom stereocenters. The van der Waals surface area contributed by atoms with Crippen LogP contribution in [-0.2, 0) is 36.2 Å². The number of aliphatic carboxylic acids is 1. The number of hydrogen-bond acceptors (Lipinski definition) is 7. The average molecular weight is 508 g/mol. The number of benzene rings is 2. The molecule has 2 N–H and O–H groups in total. The van der Waals surface area contributed by atoms with E-state index in [1.807, 2.05) is 18.2 Å². The number of carboxylic acid groups (broad SMARTS) is 1. The van der Waals surface area contributed by atoms with Crippen molar-refractivity contribution in [2.24, 2.45) is 0 Å². The van der Waals surface area contributed by atoms with E-state index in [2.05, 4.69) is 5.32 Å². The third-order valence-electron chi connectivity index (χ3n) is 4.15. The summed E-state index contributed by atoms with van der Waals surface area (Å²) in [6.07, 6.45) is -0.828. The van der Waals surface area contributed by atoms with Crippen LogP contribution in [0.3, 0.4) is 0 Å². The van der Waals surface area contributed by atoms with E-state index in [9.17, 15) is 19.3 Å². The number of carbonyl (C=O) groups is 2. The van der Waals surface area contributed by atoms with Gasteiger partial charge in [-0.05, 0) is 64.8 Å². The Balaban J connectivity index is 2.03. The van der Waals surface area contributed by atoms with Crippen LogP contribution >= 0.6 is 7.82 Å². The molecule has 10 heteroatoms. The molecule has 35 heavy (non-hydrogen) atoms. The highest BCUT2D eigenvalue weighted by Gasteiger charge is 2.38. The molecule has 0 aliphatic carbocycles. The number of amides is 1. The summed E-state index contributed by atoms with van der Waals surface area (Å²) in [5.41, 5.74) is -0.170. The Morgan fingerprint density at radius 3 is 1.91 bits per heavy atom. The molecule has 0 fully saturated rings. The molecular formula is C25H34NO8P. The summed E-state index contributed by atoms with van der Waals surface area (Å²) in [6, 6.07) is 14.1. The van der Waals surface area contributed by atoms with Crippen molar-refractivity contribution in [1.82, 2.24) is 5.32 Å². The summed E-state index contributed by atoms with van der Waals surface area (Å²) < 4.78 is 35.2. The van der Waals surface area contributed by atoms with Crippen molar-refractivity contribution >= 4 is 19.9 Å². The van der Waals surface area contributed by atoms with Gasteiger partial charge in [-0.25, -0.2) is 14.2 Å². The number of hydrogen-bond donors (Lipinski definition) is 2. The van der Waals surface area contributed by atoms with E-state index in [0.29, 0.717) is 5.56 Å². The maximum atomic E-state index is 13.2. The molecule has 9 nitrogen and oxygen atoms in total. The van der Waals surface area contributed by atoms with Crippen LogP contribution in [0.25, 0.3) is 0 Å². The molecule has 0 bridgehead atoms. The number of nitrogens with one attached hydrogen (secondary N) is 1. The predicted octanol–water partition coefficient (Wildman–Crippen LogP) is 5.73. The zero-order chi connectivity index (χ0) is 26.3. The van der Waals surface area contributed by atoms with Crippen LogP contribution in [0.2, 0.25) is 0 Å². The minimum Gasteiger partial charge on any atom is -0.480 e. The van der Waals surface area contributed by atoms with Crippen LogP contribution in [0, 0.1) is 0 Å². The second-order valence-electron chi connectivity index (χ2n) is 9.89. The number of alkyl carbamates (subject to hydrolysis) is 1. The van der Waals surface area contributed by atoms with E-state index in [-0.39, 0.29) is 18.8 Å². The minimum absolute atomic E-state index is 0.00466. The normalized spacial score (nSPS) is 13.1. The van der Waals surface area contributed by atoms with Crippen molar-refractivity contribution in [3.05, 3.63) is 65.7 Å². The van der Waals surface area contributed by atoms with Gasteiger partial charge < -0.3 is 19.7 Å². The molecule has 0 radical (unpaired) electrons. The lowest BCUT2D eigenvalue weighted by Gasteiger charge is -2.30. The summed E-state index contributed by atoms with van der Waals surface area (Å²) >= 11 is 0. The Morgan fingerprint density at radius 1 is 0.886 bits per heavy atom. The van der Waals surface area contributed by atoms with Gasteiger partial charge in [-0.2, -0.15) is 0 Å². The van der Waals surface area contributed by atoms with Crippen LogP contribution in [0.5, 0.6) is 5.75 Å². The number of carboxylic acids is 1. The van der Waals surface area contributed by atoms with E-state index in [0.717, 1.165) is 5.56 Å². The molecule has 192 valence electrons. The fourth-order valence-electron chi connectivity index (χ4n) is 2.89. The Bertz CT molecular complexity index is 1010. The van der Waals surface area contributed by atoms with E-state index < -0.39 is 37.1 Å². The van der Waals surface area contributed by atoms with Gasteiger partial charge in [0.1, 0.15) is 18.4 Å². The van der Waals surface area contributed by atoms with Crippen LogP contribution in [0.1, 0.15) is 52.7 Å². The van der Waals surface area contributed by atoms with Gasteiger partial charge in [0.25, 0.3) is 0 Å². The molecule has 0 aliphatic heterocycles. The Hall–Kier alpha value is -2.87. The third-order valence-corrected chi connectivity index (χ3v) is 6.13. The molecule has 0 spiro atoms. The van der Waals surface area contributed by atoms with Gasteiger partial charge >= 0.3 is 19.9 Å². The van der Waals surface area contributed by atoms with Crippen LogP contribution in [0.15, 0.2) is 54.6 Å². The summed E-state index contributed by atoms with van der Waals surface area (Å²) in [6.45, 7) is 10.5. The third kappa shape index (κ3) is 10.9. The molecular weight excluding hydrogens is 473 g/mol. The largest absolute Gasteiger partial charge is 0.531 e. The first-order valence-corrected chi connectivity index (χ1v) is 12.6. The molecule has 0 saturated heterocycles. The summed E-state index contributed by atoms with van der Waals surface area (Å²) in [4.78, 5) is 23.8. The monoisotopic (exact) mass is 507 g/mol. The molecule has 1 atom stereocenters. The Labute approximate surface area is 206 Å².